The number of ether oxygens (including phenoxy) is 1. The summed E-state index contributed by atoms with van der Waals surface area (Å²) >= 11 is 5.92. The maximum absolute atomic E-state index is 12.5. The second kappa shape index (κ2) is 8.44. The molecular weight excluding hydrogens is 378 g/mol. The number of carbonyl (C=O) groups is 1. The van der Waals surface area contributed by atoms with Gasteiger partial charge in [-0.1, -0.05) is 35.0 Å². The molecule has 2 aromatic carbocycles. The Morgan fingerprint density at radius 3 is 2.75 bits per heavy atom. The fourth-order valence-corrected chi connectivity index (χ4v) is 3.40. The molecule has 0 saturated carbocycles. The largest absolute Gasteiger partial charge is 0.484 e. The van der Waals surface area contributed by atoms with Crippen molar-refractivity contribution in [1.82, 2.24) is 15.0 Å². The second-order valence-corrected chi connectivity index (χ2v) is 7.18. The third-order valence-corrected chi connectivity index (χ3v) is 5.02. The Balaban J connectivity index is 1.38. The molecule has 144 valence electrons. The number of rotatable bonds is 5. The highest BCUT2D eigenvalue weighted by Crippen LogP contribution is 2.28. The van der Waals surface area contributed by atoms with Crippen molar-refractivity contribution >= 4 is 17.5 Å². The number of para-hydroxylation sites is 1. The first kappa shape index (κ1) is 18.5. The van der Waals surface area contributed by atoms with Crippen molar-refractivity contribution in [3.8, 4) is 17.1 Å². The van der Waals surface area contributed by atoms with Crippen LogP contribution in [-0.2, 0) is 4.79 Å². The van der Waals surface area contributed by atoms with Gasteiger partial charge in [0.25, 0.3) is 5.91 Å². The average Bonchev–Trinajstić information content (AvgIpc) is 3.24. The van der Waals surface area contributed by atoms with E-state index in [1.165, 1.54) is 0 Å². The summed E-state index contributed by atoms with van der Waals surface area (Å²) in [5.74, 6) is 1.77. The topological polar surface area (TPSA) is 68.5 Å². The summed E-state index contributed by atoms with van der Waals surface area (Å²) < 4.78 is 11.1. The van der Waals surface area contributed by atoms with E-state index in [4.69, 9.17) is 20.9 Å². The molecule has 0 radical (unpaired) electrons. The average molecular weight is 398 g/mol. The normalized spacial score (nSPS) is 16.8. The van der Waals surface area contributed by atoms with Crippen LogP contribution < -0.4 is 4.74 Å². The molecule has 1 atom stereocenters. The maximum atomic E-state index is 12.5. The van der Waals surface area contributed by atoms with Crippen LogP contribution in [0.1, 0.15) is 24.7 Å². The molecule has 0 N–H and O–H groups in total. The molecule has 1 aliphatic rings. The van der Waals surface area contributed by atoms with Crippen molar-refractivity contribution in [3.63, 3.8) is 0 Å². The third-order valence-electron chi connectivity index (χ3n) is 4.77. The van der Waals surface area contributed by atoms with Gasteiger partial charge in [0.2, 0.25) is 11.7 Å². The third kappa shape index (κ3) is 4.34. The maximum Gasteiger partial charge on any atom is 0.260 e. The molecule has 4 rings (SSSR count). The number of hydrogen-bond acceptors (Lipinski definition) is 5. The van der Waals surface area contributed by atoms with Gasteiger partial charge in [0.1, 0.15) is 5.75 Å². The number of aromatic nitrogens is 2. The SMILES string of the molecule is O=C(COc1ccccc1)N1CCC[C@@H](c2nc(-c3ccc(Cl)cc3)no2)C1. The van der Waals surface area contributed by atoms with E-state index in [0.29, 0.717) is 35.6 Å². The number of halogens is 1. The molecule has 1 fully saturated rings. The Labute approximate surface area is 168 Å². The van der Waals surface area contributed by atoms with E-state index >= 15 is 0 Å². The Morgan fingerprint density at radius 1 is 1.18 bits per heavy atom. The number of nitrogens with zero attached hydrogens (tertiary/aromatic N) is 3. The van der Waals surface area contributed by atoms with E-state index in [2.05, 4.69) is 10.1 Å². The van der Waals surface area contributed by atoms with Crippen molar-refractivity contribution in [3.05, 3.63) is 65.5 Å². The summed E-state index contributed by atoms with van der Waals surface area (Å²) in [4.78, 5) is 18.9. The molecule has 2 heterocycles. The van der Waals surface area contributed by atoms with E-state index in [9.17, 15) is 4.79 Å². The minimum Gasteiger partial charge on any atom is -0.484 e. The zero-order valence-electron chi connectivity index (χ0n) is 15.3. The molecule has 0 spiro atoms. The van der Waals surface area contributed by atoms with E-state index in [1.807, 2.05) is 47.4 Å². The monoisotopic (exact) mass is 397 g/mol. The van der Waals surface area contributed by atoms with Crippen molar-refractivity contribution in [1.29, 1.82) is 0 Å². The minimum absolute atomic E-state index is 0.0244. The lowest BCUT2D eigenvalue weighted by atomic mass is 9.98. The predicted octanol–water partition coefficient (Wildman–Crippen LogP) is 4.18. The molecule has 1 aliphatic heterocycles. The molecule has 6 nitrogen and oxygen atoms in total. The number of likely N-dealkylation sites (tertiary alicyclic amines) is 1. The van der Waals surface area contributed by atoms with Gasteiger partial charge in [0, 0.05) is 23.7 Å². The molecule has 0 aliphatic carbocycles. The van der Waals surface area contributed by atoms with Gasteiger partial charge in [-0.15, -0.1) is 0 Å². The molecule has 1 saturated heterocycles. The van der Waals surface area contributed by atoms with Crippen molar-refractivity contribution in [2.75, 3.05) is 19.7 Å². The number of piperidine rings is 1. The van der Waals surface area contributed by atoms with Crippen LogP contribution >= 0.6 is 11.6 Å². The van der Waals surface area contributed by atoms with Crippen LogP contribution in [0.3, 0.4) is 0 Å². The standard InChI is InChI=1S/C21H20ClN3O3/c22-17-10-8-15(9-11-17)20-23-21(28-24-20)16-5-4-12-25(13-16)19(26)14-27-18-6-2-1-3-7-18/h1-3,6-11,16H,4-5,12-14H2/t16-/m1/s1. The Bertz CT molecular complexity index is 928. The van der Waals surface area contributed by atoms with E-state index in [0.717, 1.165) is 18.4 Å². The molecule has 28 heavy (non-hydrogen) atoms. The summed E-state index contributed by atoms with van der Waals surface area (Å²) in [7, 11) is 0. The number of amides is 1. The summed E-state index contributed by atoms with van der Waals surface area (Å²) in [6.45, 7) is 1.29. The van der Waals surface area contributed by atoms with Crippen LogP contribution in [0.25, 0.3) is 11.4 Å². The summed E-state index contributed by atoms with van der Waals surface area (Å²) in [6, 6.07) is 16.6. The highest BCUT2D eigenvalue weighted by Gasteiger charge is 2.28. The quantitative estimate of drug-likeness (QED) is 0.646. The van der Waals surface area contributed by atoms with Gasteiger partial charge in [0.05, 0.1) is 5.92 Å². The predicted molar refractivity (Wildman–Crippen MR) is 105 cm³/mol. The summed E-state index contributed by atoms with van der Waals surface area (Å²) in [6.07, 6.45) is 1.80. The fourth-order valence-electron chi connectivity index (χ4n) is 3.28. The molecule has 3 aromatic rings. The number of hydrogen-bond donors (Lipinski definition) is 0. The number of benzene rings is 2. The van der Waals surface area contributed by atoms with Crippen LogP contribution in [0, 0.1) is 0 Å². The molecule has 0 bridgehead atoms. The molecule has 1 aromatic heterocycles. The summed E-state index contributed by atoms with van der Waals surface area (Å²) in [5, 5.41) is 4.74. The van der Waals surface area contributed by atoms with Crippen molar-refractivity contribution < 1.29 is 14.1 Å². The van der Waals surface area contributed by atoms with Gasteiger partial charge in [-0.2, -0.15) is 4.98 Å². The molecule has 0 unspecified atom stereocenters. The summed E-state index contributed by atoms with van der Waals surface area (Å²) in [5.41, 5.74) is 0.847. The van der Waals surface area contributed by atoms with Crippen LogP contribution in [-0.4, -0.2) is 40.6 Å². The first-order chi connectivity index (χ1) is 13.7. The Morgan fingerprint density at radius 2 is 1.96 bits per heavy atom. The van der Waals surface area contributed by atoms with Gasteiger partial charge >= 0.3 is 0 Å². The van der Waals surface area contributed by atoms with Crippen LogP contribution in [0.2, 0.25) is 5.02 Å². The van der Waals surface area contributed by atoms with Gasteiger partial charge in [0.15, 0.2) is 6.61 Å². The van der Waals surface area contributed by atoms with E-state index in [1.54, 1.807) is 12.1 Å². The molecule has 1 amide bonds. The van der Waals surface area contributed by atoms with Gasteiger partial charge < -0.3 is 14.2 Å². The highest BCUT2D eigenvalue weighted by atomic mass is 35.5. The Kier molecular flexibility index (Phi) is 5.58. The van der Waals surface area contributed by atoms with E-state index in [-0.39, 0.29) is 18.4 Å². The minimum atomic E-state index is -0.0361. The van der Waals surface area contributed by atoms with Crippen LogP contribution in [0.15, 0.2) is 59.1 Å². The smallest absolute Gasteiger partial charge is 0.260 e. The van der Waals surface area contributed by atoms with Gasteiger partial charge in [-0.3, -0.25) is 4.79 Å². The van der Waals surface area contributed by atoms with Crippen molar-refractivity contribution in [2.24, 2.45) is 0 Å². The first-order valence-corrected chi connectivity index (χ1v) is 9.62. The van der Waals surface area contributed by atoms with Crippen LogP contribution in [0.5, 0.6) is 5.75 Å². The zero-order chi connectivity index (χ0) is 19.3. The lowest BCUT2D eigenvalue weighted by Crippen LogP contribution is -2.41. The Hall–Kier alpha value is -2.86. The van der Waals surface area contributed by atoms with Gasteiger partial charge in [-0.05, 0) is 49.2 Å². The molecular formula is C21H20ClN3O3. The molecule has 7 heteroatoms. The lowest BCUT2D eigenvalue weighted by Gasteiger charge is -2.30. The van der Waals surface area contributed by atoms with Crippen LogP contribution in [0.4, 0.5) is 0 Å². The zero-order valence-corrected chi connectivity index (χ0v) is 16.0. The fraction of sp³-hybridized carbons (Fsp3) is 0.286. The second-order valence-electron chi connectivity index (χ2n) is 6.74. The van der Waals surface area contributed by atoms with Gasteiger partial charge in [-0.25, -0.2) is 0 Å². The van der Waals surface area contributed by atoms with E-state index < -0.39 is 0 Å². The highest BCUT2D eigenvalue weighted by molar-refractivity contribution is 6.30. The first-order valence-electron chi connectivity index (χ1n) is 9.24. The number of carbonyl (C=O) groups excluding carboxylic acids is 1. The lowest BCUT2D eigenvalue weighted by molar-refractivity contribution is -0.134. The van der Waals surface area contributed by atoms with Crippen molar-refractivity contribution in [2.45, 2.75) is 18.8 Å².